The predicted octanol–water partition coefficient (Wildman–Crippen LogP) is 3.67. The van der Waals surface area contributed by atoms with Crippen molar-refractivity contribution in [2.24, 2.45) is 0 Å². The summed E-state index contributed by atoms with van der Waals surface area (Å²) in [6.07, 6.45) is -0.134. The Kier molecular flexibility index (Phi) is 5.74. The van der Waals surface area contributed by atoms with E-state index in [0.29, 0.717) is 18.1 Å². The first-order chi connectivity index (χ1) is 12.1. The van der Waals surface area contributed by atoms with Crippen molar-refractivity contribution in [1.29, 1.82) is 0 Å². The predicted molar refractivity (Wildman–Crippen MR) is 97.5 cm³/mol. The van der Waals surface area contributed by atoms with Gasteiger partial charge in [0, 0.05) is 18.6 Å². The molecule has 25 heavy (non-hydrogen) atoms. The maximum absolute atomic E-state index is 12.6. The van der Waals surface area contributed by atoms with Crippen LogP contribution in [-0.2, 0) is 27.3 Å². The molecule has 1 amide bonds. The summed E-state index contributed by atoms with van der Waals surface area (Å²) >= 11 is 5.94. The number of halogens is 1. The number of methoxy groups -OCH3 is 1. The standard InChI is InChI=1S/C20H22ClNO3/c1-13(19(24-2)14-7-9-17(21)10-8-14)22-20(23)18-11-15-5-3-4-6-16(15)12-25-18/h3-10,13,18-19H,11-12H2,1-2H3,(H,22,23). The van der Waals surface area contributed by atoms with Gasteiger partial charge in [-0.25, -0.2) is 0 Å². The molecule has 1 aliphatic heterocycles. The van der Waals surface area contributed by atoms with Crippen LogP contribution in [-0.4, -0.2) is 25.2 Å². The zero-order chi connectivity index (χ0) is 17.8. The molecule has 2 aromatic carbocycles. The maximum atomic E-state index is 12.6. The van der Waals surface area contributed by atoms with Gasteiger partial charge in [0.25, 0.3) is 0 Å². The lowest BCUT2D eigenvalue weighted by molar-refractivity contribution is -0.136. The van der Waals surface area contributed by atoms with Crippen LogP contribution in [0.4, 0.5) is 0 Å². The first-order valence-electron chi connectivity index (χ1n) is 8.35. The Morgan fingerprint density at radius 2 is 1.88 bits per heavy atom. The molecule has 0 spiro atoms. The van der Waals surface area contributed by atoms with E-state index in [1.165, 1.54) is 5.56 Å². The normalized spacial score (nSPS) is 18.9. The fraction of sp³-hybridized carbons (Fsp3) is 0.350. The molecule has 0 saturated heterocycles. The second-order valence-corrected chi connectivity index (χ2v) is 6.71. The van der Waals surface area contributed by atoms with Gasteiger partial charge in [-0.2, -0.15) is 0 Å². The zero-order valence-electron chi connectivity index (χ0n) is 14.4. The van der Waals surface area contributed by atoms with Crippen LogP contribution >= 0.6 is 11.6 Å². The summed E-state index contributed by atoms with van der Waals surface area (Å²) in [4.78, 5) is 12.6. The number of amides is 1. The van der Waals surface area contributed by atoms with Crippen molar-refractivity contribution in [3.05, 3.63) is 70.2 Å². The largest absolute Gasteiger partial charge is 0.375 e. The molecule has 0 radical (unpaired) electrons. The van der Waals surface area contributed by atoms with Crippen LogP contribution in [0.1, 0.15) is 29.7 Å². The van der Waals surface area contributed by atoms with E-state index in [0.717, 1.165) is 11.1 Å². The molecule has 0 saturated carbocycles. The average molecular weight is 360 g/mol. The first kappa shape index (κ1) is 17.9. The molecule has 0 bridgehead atoms. The Morgan fingerprint density at radius 3 is 2.56 bits per heavy atom. The molecule has 3 unspecified atom stereocenters. The maximum Gasteiger partial charge on any atom is 0.249 e. The fourth-order valence-corrected chi connectivity index (χ4v) is 3.32. The average Bonchev–Trinajstić information content (AvgIpc) is 2.63. The molecule has 1 aliphatic rings. The van der Waals surface area contributed by atoms with E-state index in [1.807, 2.05) is 55.5 Å². The minimum atomic E-state index is -0.472. The van der Waals surface area contributed by atoms with Crippen molar-refractivity contribution in [2.45, 2.75) is 38.2 Å². The van der Waals surface area contributed by atoms with E-state index < -0.39 is 6.10 Å². The van der Waals surface area contributed by atoms with Crippen LogP contribution in [0.5, 0.6) is 0 Å². The lowest BCUT2D eigenvalue weighted by atomic mass is 9.98. The Balaban J connectivity index is 1.64. The third-order valence-corrected chi connectivity index (χ3v) is 4.78. The number of rotatable bonds is 5. The van der Waals surface area contributed by atoms with Gasteiger partial charge in [-0.1, -0.05) is 48.0 Å². The third kappa shape index (κ3) is 4.21. The van der Waals surface area contributed by atoms with E-state index in [4.69, 9.17) is 21.1 Å². The number of nitrogens with one attached hydrogen (secondary N) is 1. The monoisotopic (exact) mass is 359 g/mol. The quantitative estimate of drug-likeness (QED) is 0.886. The molecular formula is C20H22ClNO3. The Hall–Kier alpha value is -1.88. The van der Waals surface area contributed by atoms with Gasteiger partial charge in [-0.15, -0.1) is 0 Å². The number of carbonyl (C=O) groups excluding carboxylic acids is 1. The van der Waals surface area contributed by atoms with Crippen molar-refractivity contribution in [3.63, 3.8) is 0 Å². The van der Waals surface area contributed by atoms with Crippen LogP contribution in [0.3, 0.4) is 0 Å². The Bertz CT molecular complexity index is 732. The summed E-state index contributed by atoms with van der Waals surface area (Å²) in [5.74, 6) is -0.113. The summed E-state index contributed by atoms with van der Waals surface area (Å²) in [6.45, 7) is 2.39. The number of carbonyl (C=O) groups is 1. The van der Waals surface area contributed by atoms with Crippen LogP contribution in [0.2, 0.25) is 5.02 Å². The zero-order valence-corrected chi connectivity index (χ0v) is 15.1. The fourth-order valence-electron chi connectivity index (χ4n) is 3.19. The number of ether oxygens (including phenoxy) is 2. The van der Waals surface area contributed by atoms with Gasteiger partial charge in [0.2, 0.25) is 5.91 Å². The number of fused-ring (bicyclic) bond motifs is 1. The molecule has 4 nitrogen and oxygen atoms in total. The highest BCUT2D eigenvalue weighted by molar-refractivity contribution is 6.30. The topological polar surface area (TPSA) is 47.6 Å². The number of benzene rings is 2. The van der Waals surface area contributed by atoms with E-state index in [1.54, 1.807) is 7.11 Å². The highest BCUT2D eigenvalue weighted by atomic mass is 35.5. The molecule has 3 atom stereocenters. The minimum absolute atomic E-state index is 0.113. The molecular weight excluding hydrogens is 338 g/mol. The van der Waals surface area contributed by atoms with E-state index in [2.05, 4.69) is 5.32 Å². The summed E-state index contributed by atoms with van der Waals surface area (Å²) in [5.41, 5.74) is 3.28. The Morgan fingerprint density at radius 1 is 1.20 bits per heavy atom. The number of hydrogen-bond donors (Lipinski definition) is 1. The van der Waals surface area contributed by atoms with Gasteiger partial charge in [-0.3, -0.25) is 4.79 Å². The molecule has 1 heterocycles. The van der Waals surface area contributed by atoms with Crippen LogP contribution in [0.25, 0.3) is 0 Å². The molecule has 132 valence electrons. The van der Waals surface area contributed by atoms with Gasteiger partial charge < -0.3 is 14.8 Å². The van der Waals surface area contributed by atoms with Crippen molar-refractivity contribution < 1.29 is 14.3 Å². The second kappa shape index (κ2) is 8.00. The number of hydrogen-bond acceptors (Lipinski definition) is 3. The smallest absolute Gasteiger partial charge is 0.249 e. The van der Waals surface area contributed by atoms with Crippen molar-refractivity contribution in [1.82, 2.24) is 5.32 Å². The third-order valence-electron chi connectivity index (χ3n) is 4.53. The lowest BCUT2D eigenvalue weighted by Crippen LogP contribution is -2.45. The minimum Gasteiger partial charge on any atom is -0.375 e. The molecule has 0 aromatic heterocycles. The lowest BCUT2D eigenvalue weighted by Gasteiger charge is -2.28. The summed E-state index contributed by atoms with van der Waals surface area (Å²) in [5, 5.41) is 3.69. The van der Waals surface area contributed by atoms with E-state index in [9.17, 15) is 4.79 Å². The van der Waals surface area contributed by atoms with Crippen molar-refractivity contribution >= 4 is 17.5 Å². The van der Waals surface area contributed by atoms with Crippen LogP contribution in [0.15, 0.2) is 48.5 Å². The van der Waals surface area contributed by atoms with Gasteiger partial charge in [0.1, 0.15) is 12.2 Å². The van der Waals surface area contributed by atoms with Crippen molar-refractivity contribution in [2.75, 3.05) is 7.11 Å². The SMILES string of the molecule is COC(c1ccc(Cl)cc1)C(C)NC(=O)C1Cc2ccccc2CO1. The summed E-state index contributed by atoms with van der Waals surface area (Å²) in [7, 11) is 1.63. The molecule has 0 aliphatic carbocycles. The molecule has 2 aromatic rings. The highest BCUT2D eigenvalue weighted by Crippen LogP contribution is 2.24. The highest BCUT2D eigenvalue weighted by Gasteiger charge is 2.28. The van der Waals surface area contributed by atoms with Crippen LogP contribution < -0.4 is 5.32 Å². The molecule has 3 rings (SSSR count). The van der Waals surface area contributed by atoms with Crippen molar-refractivity contribution in [3.8, 4) is 0 Å². The van der Waals surface area contributed by atoms with Gasteiger partial charge >= 0.3 is 0 Å². The first-order valence-corrected chi connectivity index (χ1v) is 8.73. The summed E-state index contributed by atoms with van der Waals surface area (Å²) < 4.78 is 11.3. The summed E-state index contributed by atoms with van der Waals surface area (Å²) in [6, 6.07) is 15.3. The van der Waals surface area contributed by atoms with E-state index in [-0.39, 0.29) is 18.1 Å². The van der Waals surface area contributed by atoms with Crippen LogP contribution in [0, 0.1) is 0 Å². The second-order valence-electron chi connectivity index (χ2n) is 6.28. The molecule has 0 fully saturated rings. The molecule has 5 heteroatoms. The molecule has 1 N–H and O–H groups in total. The van der Waals surface area contributed by atoms with Gasteiger partial charge in [-0.05, 0) is 35.7 Å². The van der Waals surface area contributed by atoms with Gasteiger partial charge in [0.15, 0.2) is 0 Å². The Labute approximate surface area is 153 Å². The van der Waals surface area contributed by atoms with Gasteiger partial charge in [0.05, 0.1) is 12.6 Å². The van der Waals surface area contributed by atoms with E-state index >= 15 is 0 Å².